The van der Waals surface area contributed by atoms with Gasteiger partial charge in [-0.15, -0.1) is 0 Å². The maximum Gasteiger partial charge on any atom is 0.166 e. The van der Waals surface area contributed by atoms with E-state index in [0.717, 1.165) is 31.7 Å². The van der Waals surface area contributed by atoms with Crippen LogP contribution in [0.15, 0.2) is 54.6 Å². The Morgan fingerprint density at radius 3 is 2.42 bits per heavy atom. The quantitative estimate of drug-likeness (QED) is 0.464. The van der Waals surface area contributed by atoms with Crippen molar-refractivity contribution in [1.29, 1.82) is 0 Å². The summed E-state index contributed by atoms with van der Waals surface area (Å²) in [7, 11) is 0. The lowest BCUT2D eigenvalue weighted by Crippen LogP contribution is -2.35. The van der Waals surface area contributed by atoms with E-state index in [9.17, 15) is 0 Å². The van der Waals surface area contributed by atoms with Crippen molar-refractivity contribution >= 4 is 17.3 Å². The van der Waals surface area contributed by atoms with Gasteiger partial charge in [0.1, 0.15) is 0 Å². The third kappa shape index (κ3) is 8.43. The molecular weight excluding hydrogens is 344 g/mol. The predicted octanol–water partition coefficient (Wildman–Crippen LogP) is 3.79. The van der Waals surface area contributed by atoms with E-state index in [2.05, 4.69) is 47.0 Å². The standard InChI is InChI=1S/C21H28N2O2S/c1-2-24-13-7-12-22-21(26)23-15-19-10-6-11-20(14-19)17-25-16-18-8-4-3-5-9-18/h3-6,8-11,14H,2,7,12-13,15-17H2,1H3,(H2,22,23,26). The third-order valence-electron chi connectivity index (χ3n) is 3.78. The average Bonchev–Trinajstić information content (AvgIpc) is 2.67. The Hall–Kier alpha value is -1.95. The molecule has 140 valence electrons. The molecule has 0 saturated heterocycles. The van der Waals surface area contributed by atoms with Crippen LogP contribution in [0.1, 0.15) is 30.0 Å². The molecule has 2 aromatic rings. The highest BCUT2D eigenvalue weighted by atomic mass is 32.1. The van der Waals surface area contributed by atoms with E-state index in [1.807, 2.05) is 25.1 Å². The molecule has 26 heavy (non-hydrogen) atoms. The largest absolute Gasteiger partial charge is 0.382 e. The van der Waals surface area contributed by atoms with Crippen LogP contribution in [0.4, 0.5) is 0 Å². The molecule has 0 bridgehead atoms. The van der Waals surface area contributed by atoms with Crippen LogP contribution in [-0.2, 0) is 29.2 Å². The van der Waals surface area contributed by atoms with Crippen LogP contribution in [0.3, 0.4) is 0 Å². The molecule has 2 aromatic carbocycles. The molecule has 0 aromatic heterocycles. The van der Waals surface area contributed by atoms with Crippen molar-refractivity contribution in [3.8, 4) is 0 Å². The average molecular weight is 373 g/mol. The number of benzene rings is 2. The second-order valence-electron chi connectivity index (χ2n) is 5.96. The van der Waals surface area contributed by atoms with Crippen LogP contribution >= 0.6 is 12.2 Å². The van der Waals surface area contributed by atoms with Crippen molar-refractivity contribution in [2.45, 2.75) is 33.1 Å². The third-order valence-corrected chi connectivity index (χ3v) is 4.07. The summed E-state index contributed by atoms with van der Waals surface area (Å²) < 4.78 is 11.1. The van der Waals surface area contributed by atoms with Gasteiger partial charge in [-0.25, -0.2) is 0 Å². The maximum absolute atomic E-state index is 5.80. The molecule has 2 N–H and O–H groups in total. The molecule has 0 amide bonds. The molecule has 0 unspecified atom stereocenters. The van der Waals surface area contributed by atoms with Crippen molar-refractivity contribution in [3.05, 3.63) is 71.3 Å². The summed E-state index contributed by atoms with van der Waals surface area (Å²) in [5.41, 5.74) is 3.53. The normalized spacial score (nSPS) is 10.5. The zero-order valence-electron chi connectivity index (χ0n) is 15.4. The molecule has 0 atom stereocenters. The van der Waals surface area contributed by atoms with Gasteiger partial charge in [0.25, 0.3) is 0 Å². The summed E-state index contributed by atoms with van der Waals surface area (Å²) >= 11 is 5.30. The highest BCUT2D eigenvalue weighted by Crippen LogP contribution is 2.09. The van der Waals surface area contributed by atoms with Gasteiger partial charge in [0.05, 0.1) is 13.2 Å². The molecule has 0 spiro atoms. The summed E-state index contributed by atoms with van der Waals surface area (Å²) in [6.45, 7) is 6.26. The van der Waals surface area contributed by atoms with Crippen molar-refractivity contribution in [2.24, 2.45) is 0 Å². The first kappa shape index (κ1) is 20.4. The molecule has 4 nitrogen and oxygen atoms in total. The van der Waals surface area contributed by atoms with Crippen molar-refractivity contribution < 1.29 is 9.47 Å². The van der Waals surface area contributed by atoms with Crippen LogP contribution in [0.2, 0.25) is 0 Å². The van der Waals surface area contributed by atoms with E-state index >= 15 is 0 Å². The van der Waals surface area contributed by atoms with Gasteiger partial charge < -0.3 is 20.1 Å². The number of rotatable bonds is 11. The Morgan fingerprint density at radius 1 is 0.885 bits per heavy atom. The van der Waals surface area contributed by atoms with Crippen LogP contribution < -0.4 is 10.6 Å². The lowest BCUT2D eigenvalue weighted by Gasteiger charge is -2.11. The zero-order chi connectivity index (χ0) is 18.5. The van der Waals surface area contributed by atoms with Gasteiger partial charge in [0.2, 0.25) is 0 Å². The molecule has 0 heterocycles. The SMILES string of the molecule is CCOCCCNC(=S)NCc1cccc(COCc2ccccc2)c1. The monoisotopic (exact) mass is 372 g/mol. The Balaban J connectivity index is 1.67. The fraction of sp³-hybridized carbons (Fsp3) is 0.381. The molecule has 0 radical (unpaired) electrons. The number of hydrogen-bond donors (Lipinski definition) is 2. The second kappa shape index (κ2) is 12.4. The lowest BCUT2D eigenvalue weighted by atomic mass is 10.1. The van der Waals surface area contributed by atoms with Crippen molar-refractivity contribution in [1.82, 2.24) is 10.6 Å². The van der Waals surface area contributed by atoms with E-state index < -0.39 is 0 Å². The second-order valence-corrected chi connectivity index (χ2v) is 6.37. The molecular formula is C21H28N2O2S. The Morgan fingerprint density at radius 2 is 1.62 bits per heavy atom. The number of nitrogens with one attached hydrogen (secondary N) is 2. The van der Waals surface area contributed by atoms with Gasteiger partial charge in [-0.05, 0) is 42.3 Å². The summed E-state index contributed by atoms with van der Waals surface area (Å²) in [4.78, 5) is 0. The molecule has 5 heteroatoms. The van der Waals surface area contributed by atoms with E-state index in [1.54, 1.807) is 0 Å². The minimum atomic E-state index is 0.600. The highest BCUT2D eigenvalue weighted by Gasteiger charge is 2.00. The Bertz CT molecular complexity index is 649. The van der Waals surface area contributed by atoms with Gasteiger partial charge >= 0.3 is 0 Å². The van der Waals surface area contributed by atoms with E-state index in [1.165, 1.54) is 11.1 Å². The molecule has 2 rings (SSSR count). The van der Waals surface area contributed by atoms with Crippen molar-refractivity contribution in [2.75, 3.05) is 19.8 Å². The van der Waals surface area contributed by atoms with E-state index in [4.69, 9.17) is 21.7 Å². The van der Waals surface area contributed by atoms with E-state index in [-0.39, 0.29) is 0 Å². The number of ether oxygens (including phenoxy) is 2. The first-order valence-corrected chi connectivity index (χ1v) is 9.47. The number of thiocarbonyl (C=S) groups is 1. The minimum Gasteiger partial charge on any atom is -0.382 e. The van der Waals surface area contributed by atoms with Crippen LogP contribution in [-0.4, -0.2) is 24.9 Å². The highest BCUT2D eigenvalue weighted by molar-refractivity contribution is 7.80. The summed E-state index contributed by atoms with van der Waals surface area (Å²) in [5.74, 6) is 0. The lowest BCUT2D eigenvalue weighted by molar-refractivity contribution is 0.107. The molecule has 0 fully saturated rings. The van der Waals surface area contributed by atoms with Gasteiger partial charge in [0.15, 0.2) is 5.11 Å². The fourth-order valence-electron chi connectivity index (χ4n) is 2.46. The summed E-state index contributed by atoms with van der Waals surface area (Å²) in [5, 5.41) is 7.11. The summed E-state index contributed by atoms with van der Waals surface area (Å²) in [6.07, 6.45) is 0.948. The number of hydrogen-bond acceptors (Lipinski definition) is 3. The zero-order valence-corrected chi connectivity index (χ0v) is 16.2. The van der Waals surface area contributed by atoms with Gasteiger partial charge in [-0.2, -0.15) is 0 Å². The molecule has 0 aliphatic rings. The van der Waals surface area contributed by atoms with Gasteiger partial charge in [-0.3, -0.25) is 0 Å². The van der Waals surface area contributed by atoms with Crippen molar-refractivity contribution in [3.63, 3.8) is 0 Å². The first-order chi connectivity index (χ1) is 12.8. The first-order valence-electron chi connectivity index (χ1n) is 9.07. The fourth-order valence-corrected chi connectivity index (χ4v) is 2.63. The Labute approximate surface area is 161 Å². The Kier molecular flexibility index (Phi) is 9.72. The summed E-state index contributed by atoms with van der Waals surface area (Å²) in [6, 6.07) is 18.6. The molecule has 0 saturated carbocycles. The predicted molar refractivity (Wildman–Crippen MR) is 110 cm³/mol. The smallest absolute Gasteiger partial charge is 0.166 e. The van der Waals surface area contributed by atoms with Crippen LogP contribution in [0.25, 0.3) is 0 Å². The van der Waals surface area contributed by atoms with Gasteiger partial charge in [0, 0.05) is 26.3 Å². The minimum absolute atomic E-state index is 0.600. The van der Waals surface area contributed by atoms with Crippen LogP contribution in [0, 0.1) is 0 Å². The molecule has 0 aliphatic heterocycles. The maximum atomic E-state index is 5.80. The molecule has 0 aliphatic carbocycles. The van der Waals surface area contributed by atoms with Crippen LogP contribution in [0.5, 0.6) is 0 Å². The van der Waals surface area contributed by atoms with Gasteiger partial charge in [-0.1, -0.05) is 54.6 Å². The topological polar surface area (TPSA) is 42.5 Å². The van der Waals surface area contributed by atoms with E-state index in [0.29, 0.717) is 24.9 Å².